The number of hydrogen-bond acceptors (Lipinski definition) is 5. The average molecular weight is 440 g/mol. The lowest BCUT2D eigenvalue weighted by Crippen LogP contribution is -2.27. The summed E-state index contributed by atoms with van der Waals surface area (Å²) in [4.78, 5) is 27.1. The van der Waals surface area contributed by atoms with Gasteiger partial charge in [-0.15, -0.1) is 0 Å². The molecule has 0 aromatic heterocycles. The number of benzene rings is 3. The molecule has 1 fully saturated rings. The van der Waals surface area contributed by atoms with Gasteiger partial charge < -0.3 is 9.47 Å². The third kappa shape index (κ3) is 3.76. The molecule has 0 atom stereocenters. The molecule has 5 nitrogen and oxygen atoms in total. The Morgan fingerprint density at radius 1 is 1.03 bits per heavy atom. The van der Waals surface area contributed by atoms with Crippen molar-refractivity contribution in [1.29, 1.82) is 0 Å². The second-order valence-electron chi connectivity index (χ2n) is 6.64. The standard InChI is InChI=1S/C23H18ClNO4S/c1-28-19-11-14(10-18(24)21(19)29-2)12-20-22(26)25(23(27)30-20)13-16-8-5-7-15-6-3-4-9-17(15)16/h3-12H,13H2,1-2H3/b20-12-. The molecule has 0 unspecified atom stereocenters. The molecule has 1 aliphatic heterocycles. The minimum atomic E-state index is -0.330. The summed E-state index contributed by atoms with van der Waals surface area (Å²) in [5, 5.41) is 2.15. The summed E-state index contributed by atoms with van der Waals surface area (Å²) >= 11 is 7.17. The fourth-order valence-corrected chi connectivity index (χ4v) is 4.54. The third-order valence-electron chi connectivity index (χ3n) is 4.84. The van der Waals surface area contributed by atoms with Gasteiger partial charge in [0.25, 0.3) is 11.1 Å². The number of nitrogens with zero attached hydrogens (tertiary/aromatic N) is 1. The van der Waals surface area contributed by atoms with Gasteiger partial charge in [-0.2, -0.15) is 0 Å². The fourth-order valence-electron chi connectivity index (χ4n) is 3.41. The van der Waals surface area contributed by atoms with Crippen LogP contribution in [0.4, 0.5) is 4.79 Å². The molecule has 0 radical (unpaired) electrons. The molecule has 152 valence electrons. The van der Waals surface area contributed by atoms with E-state index in [1.54, 1.807) is 18.2 Å². The summed E-state index contributed by atoms with van der Waals surface area (Å²) in [6.45, 7) is 0.218. The highest BCUT2D eigenvalue weighted by molar-refractivity contribution is 8.18. The van der Waals surface area contributed by atoms with E-state index in [1.165, 1.54) is 19.1 Å². The Morgan fingerprint density at radius 2 is 1.80 bits per heavy atom. The lowest BCUT2D eigenvalue weighted by Gasteiger charge is -2.14. The average Bonchev–Trinajstić information content (AvgIpc) is 3.01. The van der Waals surface area contributed by atoms with Crippen molar-refractivity contribution in [3.05, 3.63) is 75.7 Å². The van der Waals surface area contributed by atoms with Gasteiger partial charge in [0.1, 0.15) is 0 Å². The number of fused-ring (bicyclic) bond motifs is 1. The van der Waals surface area contributed by atoms with Crippen molar-refractivity contribution in [3.63, 3.8) is 0 Å². The summed E-state index contributed by atoms with van der Waals surface area (Å²) in [6, 6.07) is 17.2. The van der Waals surface area contributed by atoms with Gasteiger partial charge in [-0.3, -0.25) is 14.5 Å². The number of carbonyl (C=O) groups excluding carboxylic acids is 2. The highest BCUT2D eigenvalue weighted by Gasteiger charge is 2.35. The zero-order valence-corrected chi connectivity index (χ0v) is 17.9. The van der Waals surface area contributed by atoms with Crippen LogP contribution in [-0.2, 0) is 11.3 Å². The number of halogens is 1. The molecular formula is C23H18ClNO4S. The quantitative estimate of drug-likeness (QED) is 0.474. The van der Waals surface area contributed by atoms with Gasteiger partial charge in [0.05, 0.1) is 30.7 Å². The molecule has 7 heteroatoms. The van der Waals surface area contributed by atoms with Gasteiger partial charge in [0, 0.05) is 0 Å². The Hall–Kier alpha value is -2.96. The summed E-state index contributed by atoms with van der Waals surface area (Å²) in [5.74, 6) is 0.537. The van der Waals surface area contributed by atoms with Crippen LogP contribution in [-0.4, -0.2) is 30.3 Å². The minimum absolute atomic E-state index is 0.218. The lowest BCUT2D eigenvalue weighted by molar-refractivity contribution is -0.123. The van der Waals surface area contributed by atoms with Crippen molar-refractivity contribution < 1.29 is 19.1 Å². The molecule has 30 heavy (non-hydrogen) atoms. The van der Waals surface area contributed by atoms with E-state index >= 15 is 0 Å². The van der Waals surface area contributed by atoms with E-state index in [2.05, 4.69) is 0 Å². The first-order valence-electron chi connectivity index (χ1n) is 9.15. The number of imide groups is 1. The zero-order valence-electron chi connectivity index (χ0n) is 16.3. The van der Waals surface area contributed by atoms with Gasteiger partial charge in [0.15, 0.2) is 11.5 Å². The molecule has 1 heterocycles. The van der Waals surface area contributed by atoms with Crippen LogP contribution in [0.3, 0.4) is 0 Å². The fraction of sp³-hybridized carbons (Fsp3) is 0.130. The van der Waals surface area contributed by atoms with Crippen molar-refractivity contribution in [2.24, 2.45) is 0 Å². The lowest BCUT2D eigenvalue weighted by atomic mass is 10.0. The van der Waals surface area contributed by atoms with Gasteiger partial charge in [-0.25, -0.2) is 0 Å². The Bertz CT molecular complexity index is 1190. The van der Waals surface area contributed by atoms with Crippen LogP contribution in [0.2, 0.25) is 5.02 Å². The predicted molar refractivity (Wildman–Crippen MR) is 120 cm³/mol. The van der Waals surface area contributed by atoms with Crippen LogP contribution in [0, 0.1) is 0 Å². The van der Waals surface area contributed by atoms with Crippen molar-refractivity contribution in [3.8, 4) is 11.5 Å². The number of amides is 2. The Labute approximate surface area is 183 Å². The largest absolute Gasteiger partial charge is 0.493 e. The molecule has 4 rings (SSSR count). The van der Waals surface area contributed by atoms with Crippen LogP contribution in [0.5, 0.6) is 11.5 Å². The molecule has 0 spiro atoms. The molecule has 0 bridgehead atoms. The molecule has 3 aromatic rings. The normalized spacial score (nSPS) is 15.3. The van der Waals surface area contributed by atoms with Crippen molar-refractivity contribution >= 4 is 51.4 Å². The van der Waals surface area contributed by atoms with Crippen LogP contribution >= 0.6 is 23.4 Å². The minimum Gasteiger partial charge on any atom is -0.493 e. The number of hydrogen-bond donors (Lipinski definition) is 0. The van der Waals surface area contributed by atoms with Gasteiger partial charge in [-0.1, -0.05) is 54.1 Å². The smallest absolute Gasteiger partial charge is 0.293 e. The first-order chi connectivity index (χ1) is 14.5. The summed E-state index contributed by atoms with van der Waals surface area (Å²) in [6.07, 6.45) is 1.64. The van der Waals surface area contributed by atoms with Crippen molar-refractivity contribution in [1.82, 2.24) is 4.90 Å². The highest BCUT2D eigenvalue weighted by Crippen LogP contribution is 2.39. The van der Waals surface area contributed by atoms with E-state index in [9.17, 15) is 9.59 Å². The first-order valence-corrected chi connectivity index (χ1v) is 10.3. The Morgan fingerprint density at radius 3 is 2.57 bits per heavy atom. The van der Waals surface area contributed by atoms with Crippen LogP contribution in [0.25, 0.3) is 16.8 Å². The maximum Gasteiger partial charge on any atom is 0.293 e. The molecule has 0 aliphatic carbocycles. The van der Waals surface area contributed by atoms with E-state index in [4.69, 9.17) is 21.1 Å². The number of methoxy groups -OCH3 is 2. The molecule has 3 aromatic carbocycles. The maximum atomic E-state index is 13.0. The third-order valence-corrected chi connectivity index (χ3v) is 6.02. The molecule has 2 amide bonds. The highest BCUT2D eigenvalue weighted by atomic mass is 35.5. The second-order valence-corrected chi connectivity index (χ2v) is 8.04. The van der Waals surface area contributed by atoms with E-state index in [1.807, 2.05) is 42.5 Å². The van der Waals surface area contributed by atoms with E-state index in [-0.39, 0.29) is 17.7 Å². The SMILES string of the molecule is COc1cc(/C=C2\SC(=O)N(Cc3cccc4ccccc34)C2=O)cc(Cl)c1OC. The molecule has 1 saturated heterocycles. The number of rotatable bonds is 5. The van der Waals surface area contributed by atoms with Crippen molar-refractivity contribution in [2.75, 3.05) is 14.2 Å². The predicted octanol–water partition coefficient (Wildman–Crippen LogP) is 5.75. The van der Waals surface area contributed by atoms with E-state index < -0.39 is 0 Å². The monoisotopic (exact) mass is 439 g/mol. The summed E-state index contributed by atoms with van der Waals surface area (Å²) in [5.41, 5.74) is 1.57. The summed E-state index contributed by atoms with van der Waals surface area (Å²) < 4.78 is 10.5. The zero-order chi connectivity index (χ0) is 21.3. The summed E-state index contributed by atoms with van der Waals surface area (Å²) in [7, 11) is 3.01. The number of carbonyl (C=O) groups is 2. The topological polar surface area (TPSA) is 55.8 Å². The van der Waals surface area contributed by atoms with E-state index in [0.717, 1.165) is 28.1 Å². The van der Waals surface area contributed by atoms with Crippen LogP contribution in [0.15, 0.2) is 59.5 Å². The van der Waals surface area contributed by atoms with Crippen molar-refractivity contribution in [2.45, 2.75) is 6.54 Å². The Kier molecular flexibility index (Phi) is 5.70. The number of thioether (sulfide) groups is 1. The van der Waals surface area contributed by atoms with Gasteiger partial charge >= 0.3 is 0 Å². The number of ether oxygens (including phenoxy) is 2. The van der Waals surface area contributed by atoms with Gasteiger partial charge in [-0.05, 0) is 51.9 Å². The van der Waals surface area contributed by atoms with Crippen LogP contribution in [0.1, 0.15) is 11.1 Å². The molecular weight excluding hydrogens is 422 g/mol. The van der Waals surface area contributed by atoms with Gasteiger partial charge in [0.2, 0.25) is 0 Å². The maximum absolute atomic E-state index is 13.0. The molecule has 0 N–H and O–H groups in total. The van der Waals surface area contributed by atoms with E-state index in [0.29, 0.717) is 27.0 Å². The molecule has 0 saturated carbocycles. The second kappa shape index (κ2) is 8.42. The van der Waals surface area contributed by atoms with Crippen LogP contribution < -0.4 is 9.47 Å². The Balaban J connectivity index is 1.64. The molecule has 1 aliphatic rings. The first kappa shape index (κ1) is 20.3.